The van der Waals surface area contributed by atoms with Crippen molar-refractivity contribution in [3.8, 4) is 0 Å². The Bertz CT molecular complexity index is 364. The van der Waals surface area contributed by atoms with Crippen molar-refractivity contribution in [2.24, 2.45) is 0 Å². The lowest BCUT2D eigenvalue weighted by Gasteiger charge is -2.15. The Morgan fingerprint density at radius 1 is 1.33 bits per heavy atom. The van der Waals surface area contributed by atoms with E-state index in [1.165, 1.54) is 0 Å². The van der Waals surface area contributed by atoms with Crippen molar-refractivity contribution >= 4 is 15.7 Å². The number of carbonyl (C=O) groups is 1. The monoisotopic (exact) mass is 276 g/mol. The van der Waals surface area contributed by atoms with Crippen LogP contribution in [0, 0.1) is 0 Å². The molecule has 0 saturated carbocycles. The molecule has 0 bridgehead atoms. The Kier molecular flexibility index (Phi) is 6.08. The molecule has 1 rings (SSSR count). The topological polar surface area (TPSA) is 75.3 Å². The van der Waals surface area contributed by atoms with Gasteiger partial charge in [-0.1, -0.05) is 13.8 Å². The van der Waals surface area contributed by atoms with Crippen LogP contribution in [0.5, 0.6) is 0 Å². The summed E-state index contributed by atoms with van der Waals surface area (Å²) in [6, 6.07) is 0.217. The van der Waals surface area contributed by atoms with Gasteiger partial charge in [0.25, 0.3) is 0 Å². The number of nitrogens with one attached hydrogen (secondary N) is 2. The molecule has 6 heteroatoms. The van der Waals surface area contributed by atoms with Crippen LogP contribution < -0.4 is 10.6 Å². The normalized spacial score (nSPS) is 22.3. The molecule has 1 aliphatic heterocycles. The fourth-order valence-corrected chi connectivity index (χ4v) is 4.01. The summed E-state index contributed by atoms with van der Waals surface area (Å²) in [6.45, 7) is 4.65. The molecule has 0 aromatic rings. The highest BCUT2D eigenvalue weighted by Crippen LogP contribution is 2.18. The lowest BCUT2D eigenvalue weighted by atomic mass is 10.2. The molecule has 0 radical (unpaired) electrons. The Hall–Kier alpha value is -0.620. The summed E-state index contributed by atoms with van der Waals surface area (Å²) in [4.78, 5) is 11.6. The molecule has 5 nitrogen and oxygen atoms in total. The van der Waals surface area contributed by atoms with Crippen LogP contribution in [0.3, 0.4) is 0 Å². The number of hydrogen-bond donors (Lipinski definition) is 2. The third-order valence-electron chi connectivity index (χ3n) is 3.47. The fraction of sp³-hybridized carbons (Fsp3) is 0.917. The molecule has 1 amide bonds. The van der Waals surface area contributed by atoms with Gasteiger partial charge in [0.15, 0.2) is 9.84 Å². The van der Waals surface area contributed by atoms with E-state index in [1.54, 1.807) is 0 Å². The van der Waals surface area contributed by atoms with Crippen LogP contribution in [0.2, 0.25) is 0 Å². The number of carbonyl (C=O) groups excluding carboxylic acids is 1. The lowest BCUT2D eigenvalue weighted by Crippen LogP contribution is -2.42. The van der Waals surface area contributed by atoms with E-state index in [1.807, 2.05) is 13.8 Å². The largest absolute Gasteiger partial charge is 0.352 e. The van der Waals surface area contributed by atoms with E-state index in [-0.39, 0.29) is 23.7 Å². The molecule has 1 aliphatic rings. The second-order valence-corrected chi connectivity index (χ2v) is 7.24. The van der Waals surface area contributed by atoms with Crippen molar-refractivity contribution in [3.05, 3.63) is 0 Å². The molecule has 1 atom stereocenters. The Balaban J connectivity index is 2.23. The van der Waals surface area contributed by atoms with Gasteiger partial charge in [0.05, 0.1) is 17.5 Å². The highest BCUT2D eigenvalue weighted by Gasteiger charge is 2.30. The summed E-state index contributed by atoms with van der Waals surface area (Å²) in [6.07, 6.45) is 3.29. The van der Waals surface area contributed by atoms with Crippen LogP contribution in [0.15, 0.2) is 0 Å². The molecule has 1 saturated heterocycles. The van der Waals surface area contributed by atoms with Crippen LogP contribution in [0.1, 0.15) is 39.5 Å². The van der Waals surface area contributed by atoms with E-state index >= 15 is 0 Å². The first-order valence-electron chi connectivity index (χ1n) is 6.71. The zero-order valence-electron chi connectivity index (χ0n) is 11.2. The summed E-state index contributed by atoms with van der Waals surface area (Å²) in [5.74, 6) is 0.235. The van der Waals surface area contributed by atoms with Gasteiger partial charge in [0.2, 0.25) is 5.91 Å². The van der Waals surface area contributed by atoms with Crippen LogP contribution >= 0.6 is 0 Å². The molecule has 2 N–H and O–H groups in total. The minimum absolute atomic E-state index is 0.0564. The Morgan fingerprint density at radius 3 is 2.50 bits per heavy atom. The molecular formula is C12H24N2O3S. The minimum Gasteiger partial charge on any atom is -0.352 e. The molecule has 0 aromatic carbocycles. The molecule has 1 heterocycles. The SMILES string of the molecule is CCC(CC)NC(=O)CNCC1CCCS1(=O)=O. The van der Waals surface area contributed by atoms with Crippen molar-refractivity contribution in [3.63, 3.8) is 0 Å². The van der Waals surface area contributed by atoms with Gasteiger partial charge in [0.1, 0.15) is 0 Å². The predicted octanol–water partition coefficient (Wildman–Crippen LogP) is 0.458. The van der Waals surface area contributed by atoms with E-state index in [0.29, 0.717) is 18.7 Å². The van der Waals surface area contributed by atoms with Crippen LogP contribution in [0.25, 0.3) is 0 Å². The van der Waals surface area contributed by atoms with Crippen LogP contribution in [-0.2, 0) is 14.6 Å². The van der Waals surface area contributed by atoms with Gasteiger partial charge in [0, 0.05) is 12.6 Å². The van der Waals surface area contributed by atoms with Crippen molar-refractivity contribution in [1.82, 2.24) is 10.6 Å². The van der Waals surface area contributed by atoms with Crippen molar-refractivity contribution in [1.29, 1.82) is 0 Å². The van der Waals surface area contributed by atoms with Gasteiger partial charge in [-0.2, -0.15) is 0 Å². The first-order valence-corrected chi connectivity index (χ1v) is 8.42. The average molecular weight is 276 g/mol. The zero-order valence-corrected chi connectivity index (χ0v) is 12.1. The van der Waals surface area contributed by atoms with Gasteiger partial charge in [-0.05, 0) is 25.7 Å². The first kappa shape index (κ1) is 15.4. The first-order chi connectivity index (χ1) is 8.49. The maximum atomic E-state index is 11.6. The van der Waals surface area contributed by atoms with Crippen molar-refractivity contribution < 1.29 is 13.2 Å². The number of sulfone groups is 1. The van der Waals surface area contributed by atoms with Gasteiger partial charge in [-0.25, -0.2) is 8.42 Å². The predicted molar refractivity (Wildman–Crippen MR) is 72.2 cm³/mol. The summed E-state index contributed by atoms with van der Waals surface area (Å²) in [5.41, 5.74) is 0. The molecular weight excluding hydrogens is 252 g/mol. The van der Waals surface area contributed by atoms with E-state index in [2.05, 4.69) is 10.6 Å². The van der Waals surface area contributed by atoms with E-state index in [4.69, 9.17) is 0 Å². The highest BCUT2D eigenvalue weighted by atomic mass is 32.2. The molecule has 106 valence electrons. The minimum atomic E-state index is -2.91. The van der Waals surface area contributed by atoms with Crippen molar-refractivity contribution in [2.75, 3.05) is 18.8 Å². The van der Waals surface area contributed by atoms with Crippen LogP contribution in [-0.4, -0.2) is 44.5 Å². The summed E-state index contributed by atoms with van der Waals surface area (Å²) in [7, 11) is -2.91. The van der Waals surface area contributed by atoms with Gasteiger partial charge < -0.3 is 10.6 Å². The summed E-state index contributed by atoms with van der Waals surface area (Å²) in [5, 5.41) is 5.55. The standard InChI is InChI=1S/C12H24N2O3S/c1-3-10(4-2)14-12(15)9-13-8-11-6-5-7-18(11,16)17/h10-11,13H,3-9H2,1-2H3,(H,14,15). The third-order valence-corrected chi connectivity index (χ3v) is 5.75. The van der Waals surface area contributed by atoms with E-state index in [9.17, 15) is 13.2 Å². The maximum absolute atomic E-state index is 11.6. The average Bonchev–Trinajstić information content (AvgIpc) is 2.66. The highest BCUT2D eigenvalue weighted by molar-refractivity contribution is 7.92. The third kappa shape index (κ3) is 4.57. The quantitative estimate of drug-likeness (QED) is 0.708. The number of rotatable bonds is 7. The molecule has 18 heavy (non-hydrogen) atoms. The Labute approximate surface area is 110 Å². The van der Waals surface area contributed by atoms with Gasteiger partial charge in [-0.15, -0.1) is 0 Å². The second-order valence-electron chi connectivity index (χ2n) is 4.84. The lowest BCUT2D eigenvalue weighted by molar-refractivity contribution is -0.121. The summed E-state index contributed by atoms with van der Waals surface area (Å²) >= 11 is 0. The fourth-order valence-electron chi connectivity index (χ4n) is 2.21. The van der Waals surface area contributed by atoms with Gasteiger partial charge in [-0.3, -0.25) is 4.79 Å². The van der Waals surface area contributed by atoms with Crippen molar-refractivity contribution in [2.45, 2.75) is 50.8 Å². The Morgan fingerprint density at radius 2 is 2.00 bits per heavy atom. The molecule has 1 fully saturated rings. The smallest absolute Gasteiger partial charge is 0.234 e. The number of hydrogen-bond acceptors (Lipinski definition) is 4. The van der Waals surface area contributed by atoms with E-state index < -0.39 is 9.84 Å². The van der Waals surface area contributed by atoms with E-state index in [0.717, 1.165) is 19.3 Å². The maximum Gasteiger partial charge on any atom is 0.234 e. The molecule has 0 spiro atoms. The second kappa shape index (κ2) is 7.09. The molecule has 1 unspecified atom stereocenters. The molecule has 0 aromatic heterocycles. The summed E-state index contributed by atoms with van der Waals surface area (Å²) < 4.78 is 23.1. The zero-order chi connectivity index (χ0) is 13.6. The van der Waals surface area contributed by atoms with Gasteiger partial charge >= 0.3 is 0 Å². The molecule has 0 aliphatic carbocycles. The number of amides is 1. The van der Waals surface area contributed by atoms with Crippen LogP contribution in [0.4, 0.5) is 0 Å².